The van der Waals surface area contributed by atoms with Crippen LogP contribution in [0.1, 0.15) is 17.5 Å². The van der Waals surface area contributed by atoms with Crippen molar-refractivity contribution in [1.82, 2.24) is 5.32 Å². The number of rotatable bonds is 5. The fraction of sp³-hybridized carbons (Fsp3) is 0.316. The molecule has 23 heavy (non-hydrogen) atoms. The Hall–Kier alpha value is -2.49. The van der Waals surface area contributed by atoms with Crippen molar-refractivity contribution in [1.29, 1.82) is 0 Å². The van der Waals surface area contributed by atoms with Crippen LogP contribution in [-0.4, -0.2) is 33.0 Å². The summed E-state index contributed by atoms with van der Waals surface area (Å²) < 4.78 is 5.86. The normalized spacial score (nSPS) is 13.9. The summed E-state index contributed by atoms with van der Waals surface area (Å²) in [4.78, 5) is 6.59. The van der Waals surface area contributed by atoms with Crippen LogP contribution in [-0.2, 0) is 6.61 Å². The van der Waals surface area contributed by atoms with Gasteiger partial charge in [0.05, 0.1) is 0 Å². The van der Waals surface area contributed by atoms with E-state index < -0.39 is 0 Å². The van der Waals surface area contributed by atoms with Gasteiger partial charge in [-0.05, 0) is 48.4 Å². The fourth-order valence-corrected chi connectivity index (χ4v) is 2.49. The molecule has 120 valence electrons. The summed E-state index contributed by atoms with van der Waals surface area (Å²) in [7, 11) is 4.08. The number of amidine groups is 1. The molecule has 0 saturated carbocycles. The van der Waals surface area contributed by atoms with Crippen molar-refractivity contribution in [2.24, 2.45) is 4.99 Å². The third-order valence-corrected chi connectivity index (χ3v) is 3.88. The number of nitrogens with one attached hydrogen (secondary N) is 1. The minimum atomic E-state index is 0.576. The molecule has 4 nitrogen and oxygen atoms in total. The van der Waals surface area contributed by atoms with Crippen molar-refractivity contribution in [3.8, 4) is 5.75 Å². The molecule has 3 rings (SSSR count). The molecule has 0 amide bonds. The number of hydrogen-bond donors (Lipinski definition) is 1. The second-order valence-corrected chi connectivity index (χ2v) is 5.88. The highest BCUT2D eigenvalue weighted by Gasteiger charge is 2.06. The van der Waals surface area contributed by atoms with Crippen LogP contribution in [0.15, 0.2) is 53.5 Å². The minimum absolute atomic E-state index is 0.576. The van der Waals surface area contributed by atoms with Crippen LogP contribution in [0.2, 0.25) is 0 Å². The Labute approximate surface area is 137 Å². The number of nitrogens with zero attached hydrogens (tertiary/aromatic N) is 2. The Balaban J connectivity index is 1.59. The lowest BCUT2D eigenvalue weighted by molar-refractivity contribution is 0.306. The summed E-state index contributed by atoms with van der Waals surface area (Å²) in [5.41, 5.74) is 3.48. The van der Waals surface area contributed by atoms with Crippen molar-refractivity contribution in [3.63, 3.8) is 0 Å². The molecule has 0 radical (unpaired) electrons. The van der Waals surface area contributed by atoms with Gasteiger partial charge in [-0.2, -0.15) is 0 Å². The molecule has 0 spiro atoms. The zero-order valence-corrected chi connectivity index (χ0v) is 13.7. The first-order valence-electron chi connectivity index (χ1n) is 8.00. The van der Waals surface area contributed by atoms with E-state index in [9.17, 15) is 0 Å². The highest BCUT2D eigenvalue weighted by molar-refractivity contribution is 5.99. The van der Waals surface area contributed by atoms with Gasteiger partial charge >= 0.3 is 0 Å². The molecule has 1 N–H and O–H groups in total. The first-order valence-corrected chi connectivity index (χ1v) is 8.00. The predicted molar refractivity (Wildman–Crippen MR) is 95.6 cm³/mol. The first kappa shape index (κ1) is 15.4. The van der Waals surface area contributed by atoms with Gasteiger partial charge in [0.2, 0.25) is 0 Å². The monoisotopic (exact) mass is 309 g/mol. The molecule has 0 aliphatic carbocycles. The zero-order valence-electron chi connectivity index (χ0n) is 13.7. The van der Waals surface area contributed by atoms with Gasteiger partial charge in [0.15, 0.2) is 0 Å². The molecule has 2 aromatic rings. The molecule has 1 aliphatic heterocycles. The topological polar surface area (TPSA) is 36.9 Å². The quantitative estimate of drug-likeness (QED) is 0.922. The summed E-state index contributed by atoms with van der Waals surface area (Å²) in [5.74, 6) is 1.86. The van der Waals surface area contributed by atoms with Gasteiger partial charge in [-0.15, -0.1) is 0 Å². The summed E-state index contributed by atoms with van der Waals surface area (Å²) >= 11 is 0. The van der Waals surface area contributed by atoms with E-state index in [1.54, 1.807) is 0 Å². The van der Waals surface area contributed by atoms with Gasteiger partial charge in [0, 0.05) is 38.4 Å². The fourth-order valence-electron chi connectivity index (χ4n) is 2.49. The van der Waals surface area contributed by atoms with Gasteiger partial charge < -0.3 is 15.0 Å². The smallest absolute Gasteiger partial charge is 0.128 e. The lowest BCUT2D eigenvalue weighted by atomic mass is 10.1. The van der Waals surface area contributed by atoms with Crippen molar-refractivity contribution < 1.29 is 4.74 Å². The Kier molecular flexibility index (Phi) is 4.81. The number of aliphatic imine (C=N–C) groups is 1. The van der Waals surface area contributed by atoms with Gasteiger partial charge in [0.25, 0.3) is 0 Å². The van der Waals surface area contributed by atoms with E-state index in [1.165, 1.54) is 5.69 Å². The van der Waals surface area contributed by atoms with Crippen LogP contribution in [0, 0.1) is 0 Å². The summed E-state index contributed by atoms with van der Waals surface area (Å²) in [6.45, 7) is 2.48. The van der Waals surface area contributed by atoms with E-state index in [0.717, 1.165) is 42.2 Å². The van der Waals surface area contributed by atoms with Crippen LogP contribution in [0.4, 0.5) is 5.69 Å². The molecule has 4 heteroatoms. The van der Waals surface area contributed by atoms with E-state index in [-0.39, 0.29) is 0 Å². The maximum Gasteiger partial charge on any atom is 0.128 e. The summed E-state index contributed by atoms with van der Waals surface area (Å²) in [6, 6.07) is 16.5. The van der Waals surface area contributed by atoms with Crippen LogP contribution in [0.5, 0.6) is 5.75 Å². The number of hydrogen-bond acceptors (Lipinski definition) is 4. The molecule has 0 saturated heterocycles. The summed E-state index contributed by atoms with van der Waals surface area (Å²) in [5, 5.41) is 3.33. The van der Waals surface area contributed by atoms with Crippen molar-refractivity contribution >= 4 is 11.5 Å². The Morgan fingerprint density at radius 3 is 2.39 bits per heavy atom. The van der Waals surface area contributed by atoms with Crippen molar-refractivity contribution in [2.75, 3.05) is 32.1 Å². The molecule has 0 unspecified atom stereocenters. The molecule has 0 atom stereocenters. The number of benzene rings is 2. The van der Waals surface area contributed by atoms with Gasteiger partial charge in [0.1, 0.15) is 18.2 Å². The second-order valence-electron chi connectivity index (χ2n) is 5.88. The standard InChI is InChI=1S/C19H23N3O/c1-22(2)17-8-4-15(5-9-17)14-23-18-10-6-16(7-11-18)19-20-12-3-13-21-19/h4-11H,3,12-14H2,1-2H3,(H,20,21). The molecular weight excluding hydrogens is 286 g/mol. The average molecular weight is 309 g/mol. The molecule has 0 fully saturated rings. The van der Waals surface area contributed by atoms with E-state index in [1.807, 2.05) is 26.2 Å². The Morgan fingerprint density at radius 2 is 1.78 bits per heavy atom. The Bertz CT molecular complexity index is 660. The van der Waals surface area contributed by atoms with Gasteiger partial charge in [-0.1, -0.05) is 12.1 Å². The van der Waals surface area contributed by atoms with Crippen LogP contribution >= 0.6 is 0 Å². The molecule has 2 aromatic carbocycles. The van der Waals surface area contributed by atoms with E-state index in [0.29, 0.717) is 6.61 Å². The van der Waals surface area contributed by atoms with Crippen molar-refractivity contribution in [2.45, 2.75) is 13.0 Å². The maximum absolute atomic E-state index is 5.86. The number of anilines is 1. The molecule has 0 bridgehead atoms. The van der Waals surface area contributed by atoms with E-state index in [4.69, 9.17) is 4.74 Å². The highest BCUT2D eigenvalue weighted by atomic mass is 16.5. The van der Waals surface area contributed by atoms with Crippen LogP contribution in [0.3, 0.4) is 0 Å². The van der Waals surface area contributed by atoms with Crippen LogP contribution in [0.25, 0.3) is 0 Å². The summed E-state index contributed by atoms with van der Waals surface area (Å²) in [6.07, 6.45) is 1.11. The second kappa shape index (κ2) is 7.18. The van der Waals surface area contributed by atoms with E-state index in [2.05, 4.69) is 51.6 Å². The highest BCUT2D eigenvalue weighted by Crippen LogP contribution is 2.17. The SMILES string of the molecule is CN(C)c1ccc(COc2ccc(C3=NCCCN3)cc2)cc1. The molecule has 0 aromatic heterocycles. The average Bonchev–Trinajstić information content (AvgIpc) is 2.61. The van der Waals surface area contributed by atoms with Crippen molar-refractivity contribution in [3.05, 3.63) is 59.7 Å². The third-order valence-electron chi connectivity index (χ3n) is 3.88. The zero-order chi connectivity index (χ0) is 16.1. The van der Waals surface area contributed by atoms with Gasteiger partial charge in [-0.3, -0.25) is 4.99 Å². The lowest BCUT2D eigenvalue weighted by Gasteiger charge is -2.15. The molecule has 1 aliphatic rings. The molecular formula is C19H23N3O. The largest absolute Gasteiger partial charge is 0.489 e. The maximum atomic E-state index is 5.86. The minimum Gasteiger partial charge on any atom is -0.489 e. The van der Waals surface area contributed by atoms with E-state index >= 15 is 0 Å². The Morgan fingerprint density at radius 1 is 1.04 bits per heavy atom. The van der Waals surface area contributed by atoms with Crippen LogP contribution < -0.4 is 15.0 Å². The van der Waals surface area contributed by atoms with Gasteiger partial charge in [-0.25, -0.2) is 0 Å². The molecule has 1 heterocycles. The third kappa shape index (κ3) is 4.03. The number of ether oxygens (including phenoxy) is 1. The first-order chi connectivity index (χ1) is 11.2. The lowest BCUT2D eigenvalue weighted by Crippen LogP contribution is -2.30. The predicted octanol–water partition coefficient (Wildman–Crippen LogP) is 3.07.